The molecule has 0 spiro atoms. The van der Waals surface area contributed by atoms with Crippen molar-refractivity contribution in [2.75, 3.05) is 26.7 Å². The zero-order chi connectivity index (χ0) is 28.9. The van der Waals surface area contributed by atoms with Crippen molar-refractivity contribution in [3.05, 3.63) is 99.8 Å². The van der Waals surface area contributed by atoms with Gasteiger partial charge in [-0.25, -0.2) is 0 Å². The highest BCUT2D eigenvalue weighted by molar-refractivity contribution is 5.98. The quantitative estimate of drug-likeness (QED) is 0.234. The number of Topliss-reactive ketones (excluding diaryl/α,β-unsaturated/α-hetero) is 1. The summed E-state index contributed by atoms with van der Waals surface area (Å²) in [5.41, 5.74) is 10.4. The average Bonchev–Trinajstić information content (AvgIpc) is 2.91. The highest BCUT2D eigenvalue weighted by Gasteiger charge is 2.11. The first kappa shape index (κ1) is 31.6. The van der Waals surface area contributed by atoms with Crippen LogP contribution in [-0.2, 0) is 17.6 Å². The Labute approximate surface area is 235 Å². The number of phenols is 1. The Kier molecular flexibility index (Phi) is 12.8. The van der Waals surface area contributed by atoms with Crippen molar-refractivity contribution >= 4 is 11.4 Å². The predicted molar refractivity (Wildman–Crippen MR) is 164 cm³/mol. The third kappa shape index (κ3) is 9.29. The van der Waals surface area contributed by atoms with Crippen LogP contribution in [0.4, 0.5) is 0 Å². The molecule has 2 aromatic rings. The summed E-state index contributed by atoms with van der Waals surface area (Å²) in [6, 6.07) is 10.0. The Morgan fingerprint density at radius 3 is 2.49 bits per heavy atom. The lowest BCUT2D eigenvalue weighted by Gasteiger charge is -2.17. The second kappa shape index (κ2) is 15.7. The fourth-order valence-corrected chi connectivity index (χ4v) is 4.72. The molecule has 2 aromatic carbocycles. The van der Waals surface area contributed by atoms with E-state index in [9.17, 15) is 9.90 Å². The lowest BCUT2D eigenvalue weighted by Crippen LogP contribution is -2.20. The monoisotopic (exact) mass is 530 g/mol. The molecule has 0 bridgehead atoms. The lowest BCUT2D eigenvalue weighted by molar-refractivity contribution is -0.113. The summed E-state index contributed by atoms with van der Waals surface area (Å²) in [6.45, 7) is 18.6. The van der Waals surface area contributed by atoms with Crippen molar-refractivity contribution in [2.24, 2.45) is 0 Å². The van der Waals surface area contributed by atoms with Gasteiger partial charge < -0.3 is 20.5 Å². The van der Waals surface area contributed by atoms with Crippen LogP contribution in [0.5, 0.6) is 11.5 Å². The maximum atomic E-state index is 11.8. The van der Waals surface area contributed by atoms with Gasteiger partial charge in [0.25, 0.3) is 0 Å². The molecular formula is C34H46N2O3. The number of carbonyl (C=O) groups excluding carboxylic acids is 1. The molecule has 0 aromatic heterocycles. The van der Waals surface area contributed by atoms with Crippen LogP contribution in [0.2, 0.25) is 0 Å². The number of methoxy groups -OCH3 is 1. The van der Waals surface area contributed by atoms with E-state index >= 15 is 0 Å². The standard InChI is InChI=1S/C19H25NO3.C15H21N/c1-6-7-16(19(13(2)3)14(4)21)20-11-10-15-8-9-18(23-5)17(22)12-15;1-4-13-10-15(9-11(2)12(13)3)14-5-7-16-8-6-14/h6-9,12,20,22H,2,10-11H2,1,3-5H3;5,9-10,16H,4,6-8H2,1-3H3/b7-6-,19-16+;. The van der Waals surface area contributed by atoms with Gasteiger partial charge in [-0.15, -0.1) is 0 Å². The number of rotatable bonds is 10. The molecule has 0 radical (unpaired) electrons. The molecule has 3 N–H and O–H groups in total. The summed E-state index contributed by atoms with van der Waals surface area (Å²) >= 11 is 0. The van der Waals surface area contributed by atoms with Gasteiger partial charge in [0.05, 0.1) is 7.11 Å². The summed E-state index contributed by atoms with van der Waals surface area (Å²) in [4.78, 5) is 11.8. The minimum atomic E-state index is -0.0137. The Morgan fingerprint density at radius 2 is 1.95 bits per heavy atom. The number of carbonyl (C=O) groups is 1. The Hall–Kier alpha value is -3.57. The summed E-state index contributed by atoms with van der Waals surface area (Å²) in [5.74, 6) is 0.568. The number of phenolic OH excluding ortho intramolecular Hbond substituents is 1. The fraction of sp³-hybridized carbons (Fsp3) is 0.382. The summed E-state index contributed by atoms with van der Waals surface area (Å²) in [5, 5.41) is 16.4. The van der Waals surface area contributed by atoms with Gasteiger partial charge in [0.2, 0.25) is 0 Å². The zero-order valence-electron chi connectivity index (χ0n) is 24.8. The molecule has 0 saturated heterocycles. The number of ketones is 1. The molecule has 3 rings (SSSR count). The normalized spacial score (nSPS) is 13.7. The Morgan fingerprint density at radius 1 is 1.21 bits per heavy atom. The van der Waals surface area contributed by atoms with Gasteiger partial charge in [-0.1, -0.05) is 43.9 Å². The topological polar surface area (TPSA) is 70.6 Å². The van der Waals surface area contributed by atoms with Crippen LogP contribution >= 0.6 is 0 Å². The van der Waals surface area contributed by atoms with E-state index in [0.29, 0.717) is 24.3 Å². The molecule has 39 heavy (non-hydrogen) atoms. The number of hydrogen-bond acceptors (Lipinski definition) is 5. The molecule has 1 aliphatic heterocycles. The van der Waals surface area contributed by atoms with Gasteiger partial charge in [-0.3, -0.25) is 4.79 Å². The first-order valence-electron chi connectivity index (χ1n) is 13.8. The van der Waals surface area contributed by atoms with E-state index in [2.05, 4.69) is 56.2 Å². The third-order valence-electron chi connectivity index (χ3n) is 6.94. The van der Waals surface area contributed by atoms with Crippen molar-refractivity contribution in [2.45, 2.75) is 60.8 Å². The molecule has 0 atom stereocenters. The fourth-order valence-electron chi connectivity index (χ4n) is 4.72. The molecular weight excluding hydrogens is 484 g/mol. The van der Waals surface area contributed by atoms with Gasteiger partial charge in [0.1, 0.15) is 0 Å². The predicted octanol–water partition coefficient (Wildman–Crippen LogP) is 6.77. The van der Waals surface area contributed by atoms with E-state index in [1.165, 1.54) is 41.9 Å². The summed E-state index contributed by atoms with van der Waals surface area (Å²) in [7, 11) is 1.52. The number of allylic oxidation sites excluding steroid dienone is 4. The SMILES string of the molecule is C=C(C)/C(C(C)=O)=C(/C=C\C)NCCc1ccc(OC)c(O)c1.CCc1cc(C2=CCNCC2)cc(C)c1C. The molecule has 0 unspecified atom stereocenters. The molecule has 0 fully saturated rings. The van der Waals surface area contributed by atoms with Gasteiger partial charge in [0.15, 0.2) is 17.3 Å². The second-order valence-electron chi connectivity index (χ2n) is 9.92. The van der Waals surface area contributed by atoms with Crippen LogP contribution in [0, 0.1) is 13.8 Å². The van der Waals surface area contributed by atoms with Crippen molar-refractivity contribution in [1.82, 2.24) is 10.6 Å². The first-order chi connectivity index (χ1) is 18.6. The maximum Gasteiger partial charge on any atom is 0.162 e. The molecule has 5 nitrogen and oxygen atoms in total. The second-order valence-corrected chi connectivity index (χ2v) is 9.92. The molecule has 0 aliphatic carbocycles. The van der Waals surface area contributed by atoms with E-state index in [4.69, 9.17) is 4.74 Å². The smallest absolute Gasteiger partial charge is 0.162 e. The number of aryl methyl sites for hydroxylation is 2. The van der Waals surface area contributed by atoms with Gasteiger partial charge >= 0.3 is 0 Å². The molecule has 1 heterocycles. The Bertz CT molecular complexity index is 1240. The third-order valence-corrected chi connectivity index (χ3v) is 6.94. The number of benzene rings is 2. The van der Waals surface area contributed by atoms with Crippen molar-refractivity contribution in [3.8, 4) is 11.5 Å². The maximum absolute atomic E-state index is 11.8. The van der Waals surface area contributed by atoms with Crippen LogP contribution in [-0.4, -0.2) is 37.6 Å². The van der Waals surface area contributed by atoms with E-state index in [0.717, 1.165) is 42.8 Å². The average molecular weight is 531 g/mol. The number of ether oxygens (including phenoxy) is 1. The molecule has 1 aliphatic rings. The van der Waals surface area contributed by atoms with E-state index in [1.807, 2.05) is 32.1 Å². The molecule has 0 saturated carbocycles. The number of nitrogens with one attached hydrogen (secondary N) is 2. The molecule has 210 valence electrons. The highest BCUT2D eigenvalue weighted by Crippen LogP contribution is 2.27. The van der Waals surface area contributed by atoms with Crippen molar-refractivity contribution in [3.63, 3.8) is 0 Å². The van der Waals surface area contributed by atoms with Crippen LogP contribution in [0.25, 0.3) is 5.57 Å². The summed E-state index contributed by atoms with van der Waals surface area (Å²) < 4.78 is 5.03. The van der Waals surface area contributed by atoms with Crippen molar-refractivity contribution < 1.29 is 14.6 Å². The minimum Gasteiger partial charge on any atom is -0.504 e. The number of aromatic hydroxyl groups is 1. The van der Waals surface area contributed by atoms with Crippen molar-refractivity contribution in [1.29, 1.82) is 0 Å². The van der Waals surface area contributed by atoms with Crippen LogP contribution in [0.1, 0.15) is 61.9 Å². The molecule has 5 heteroatoms. The van der Waals surface area contributed by atoms with Gasteiger partial charge in [0, 0.05) is 24.4 Å². The lowest BCUT2D eigenvalue weighted by atomic mass is 9.92. The number of hydrogen-bond donors (Lipinski definition) is 3. The zero-order valence-corrected chi connectivity index (χ0v) is 24.8. The van der Waals surface area contributed by atoms with Crippen LogP contribution in [0.15, 0.2) is 72.0 Å². The van der Waals surface area contributed by atoms with E-state index < -0.39 is 0 Å². The highest BCUT2D eigenvalue weighted by atomic mass is 16.5. The Balaban J connectivity index is 0.000000290. The first-order valence-corrected chi connectivity index (χ1v) is 13.8. The van der Waals surface area contributed by atoms with Gasteiger partial charge in [-0.05, 0) is 118 Å². The minimum absolute atomic E-state index is 0.0137. The molecule has 0 amide bonds. The largest absolute Gasteiger partial charge is 0.504 e. The van der Waals surface area contributed by atoms with Gasteiger partial charge in [-0.2, -0.15) is 0 Å². The van der Waals surface area contributed by atoms with Crippen LogP contribution < -0.4 is 15.4 Å². The van der Waals surface area contributed by atoms with Crippen LogP contribution in [0.3, 0.4) is 0 Å². The van der Waals surface area contributed by atoms with E-state index in [-0.39, 0.29) is 11.5 Å². The summed E-state index contributed by atoms with van der Waals surface area (Å²) in [6.07, 6.45) is 9.08. The van der Waals surface area contributed by atoms with E-state index in [1.54, 1.807) is 12.1 Å².